The van der Waals surface area contributed by atoms with Crippen LogP contribution in [0.25, 0.3) is 0 Å². The molecule has 6 nitrogen and oxygen atoms in total. The average Bonchev–Trinajstić information content (AvgIpc) is 3.28. The van der Waals surface area contributed by atoms with Gasteiger partial charge >= 0.3 is 0 Å². The summed E-state index contributed by atoms with van der Waals surface area (Å²) in [6.07, 6.45) is 1.73. The van der Waals surface area contributed by atoms with Gasteiger partial charge in [0.05, 0.1) is 29.5 Å². The van der Waals surface area contributed by atoms with Crippen molar-refractivity contribution in [3.63, 3.8) is 0 Å². The Labute approximate surface area is 158 Å². The van der Waals surface area contributed by atoms with Crippen molar-refractivity contribution in [1.29, 1.82) is 0 Å². The first-order chi connectivity index (χ1) is 13.0. The monoisotopic (exact) mass is 368 g/mol. The highest BCUT2D eigenvalue weighted by Gasteiger charge is 2.79. The Kier molecular flexibility index (Phi) is 2.88. The molecule has 4 aliphatic heterocycles. The first-order valence-electron chi connectivity index (χ1n) is 9.88. The molecule has 4 fully saturated rings. The lowest BCUT2D eigenvalue weighted by molar-refractivity contribution is -0.143. The van der Waals surface area contributed by atoms with E-state index in [1.807, 2.05) is 23.1 Å². The van der Waals surface area contributed by atoms with Gasteiger partial charge in [-0.1, -0.05) is 25.1 Å². The number of fused-ring (bicyclic) bond motifs is 3. The first kappa shape index (κ1) is 16.2. The molecule has 1 amide bonds. The Hall–Kier alpha value is -1.76. The van der Waals surface area contributed by atoms with Crippen molar-refractivity contribution in [2.75, 3.05) is 20.3 Å². The van der Waals surface area contributed by atoms with Crippen molar-refractivity contribution < 1.29 is 19.4 Å². The first-order valence-corrected chi connectivity index (χ1v) is 9.88. The van der Waals surface area contributed by atoms with Crippen LogP contribution in [-0.2, 0) is 19.7 Å². The summed E-state index contributed by atoms with van der Waals surface area (Å²) >= 11 is 0. The van der Waals surface area contributed by atoms with Crippen LogP contribution in [0.2, 0.25) is 0 Å². The van der Waals surface area contributed by atoms with Crippen LogP contribution in [0.4, 0.5) is 5.69 Å². The van der Waals surface area contributed by atoms with Crippen LogP contribution in [0.3, 0.4) is 0 Å². The maximum atomic E-state index is 13.0. The molecule has 6 atom stereocenters. The molecule has 4 heterocycles. The number of ether oxygens (including phenoxy) is 2. The van der Waals surface area contributed by atoms with Gasteiger partial charge in [-0.2, -0.15) is 0 Å². The van der Waals surface area contributed by atoms with E-state index >= 15 is 0 Å². The van der Waals surface area contributed by atoms with Crippen molar-refractivity contribution in [2.45, 2.75) is 55.5 Å². The molecule has 0 aromatic heterocycles. The highest BCUT2D eigenvalue weighted by atomic mass is 16.6. The van der Waals surface area contributed by atoms with Crippen LogP contribution in [-0.4, -0.2) is 65.7 Å². The third kappa shape index (κ3) is 1.61. The van der Waals surface area contributed by atoms with Crippen molar-refractivity contribution in [2.24, 2.45) is 10.4 Å². The molecule has 1 spiro atoms. The minimum atomic E-state index is -1.15. The molecule has 0 radical (unpaired) electrons. The van der Waals surface area contributed by atoms with Crippen molar-refractivity contribution in [3.8, 4) is 0 Å². The number of amides is 1. The molecule has 1 saturated carbocycles. The number of carbonyl (C=O) groups is 1. The minimum Gasteiger partial charge on any atom is -0.381 e. The molecule has 0 bridgehead atoms. The lowest BCUT2D eigenvalue weighted by Crippen LogP contribution is -2.72. The van der Waals surface area contributed by atoms with Gasteiger partial charge in [-0.15, -0.1) is 0 Å². The molecular formula is C21H24N2O4. The Balaban J connectivity index is 1.65. The number of aliphatic hydroxyl groups is 1. The summed E-state index contributed by atoms with van der Waals surface area (Å²) in [6, 6.07) is 8.15. The van der Waals surface area contributed by atoms with Gasteiger partial charge in [0.25, 0.3) is 5.91 Å². The van der Waals surface area contributed by atoms with Crippen molar-refractivity contribution in [1.82, 2.24) is 4.90 Å². The molecule has 1 N–H and O–H groups in total. The number of nitrogens with zero attached hydrogens (tertiary/aromatic N) is 2. The van der Waals surface area contributed by atoms with Crippen LogP contribution >= 0.6 is 0 Å². The number of hydrogen-bond donors (Lipinski definition) is 1. The number of epoxide rings is 1. The number of methoxy groups -OCH3 is 1. The molecule has 3 saturated heterocycles. The molecule has 6 rings (SSSR count). The number of carbonyl (C=O) groups excluding carboxylic acids is 1. The Morgan fingerprint density at radius 2 is 2.22 bits per heavy atom. The molecule has 1 aromatic carbocycles. The van der Waals surface area contributed by atoms with Gasteiger partial charge in [0.15, 0.2) is 6.10 Å². The normalized spacial score (nSPS) is 45.7. The van der Waals surface area contributed by atoms with E-state index in [9.17, 15) is 9.90 Å². The largest absolute Gasteiger partial charge is 0.381 e. The number of piperidine rings is 1. The second-order valence-electron chi connectivity index (χ2n) is 8.84. The van der Waals surface area contributed by atoms with E-state index in [4.69, 9.17) is 14.5 Å². The van der Waals surface area contributed by atoms with Gasteiger partial charge in [-0.25, -0.2) is 0 Å². The summed E-state index contributed by atoms with van der Waals surface area (Å²) in [5.74, 6) is 0.117. The standard InChI is InChI=1S/C21H24N2O4/c1-3-19-10-20(25,11-26-2)17-21(12-6-4-5-7-13(12)22-17)8-9-23(18(19)21)16(24)14-15(19)27-14/h4-7,14-15,18,25H,3,8-11H2,1-2H3. The van der Waals surface area contributed by atoms with Crippen molar-refractivity contribution in [3.05, 3.63) is 29.8 Å². The molecule has 1 aromatic rings. The van der Waals surface area contributed by atoms with Gasteiger partial charge < -0.3 is 19.5 Å². The fraction of sp³-hybridized carbons (Fsp3) is 0.619. The number of hydrogen-bond acceptors (Lipinski definition) is 5. The third-order valence-corrected chi connectivity index (χ3v) is 7.80. The van der Waals surface area contributed by atoms with Gasteiger partial charge in [-0.3, -0.25) is 9.79 Å². The summed E-state index contributed by atoms with van der Waals surface area (Å²) in [4.78, 5) is 20.0. The predicted octanol–water partition coefficient (Wildman–Crippen LogP) is 1.57. The van der Waals surface area contributed by atoms with E-state index in [1.165, 1.54) is 0 Å². The average molecular weight is 368 g/mol. The van der Waals surface area contributed by atoms with Crippen LogP contribution < -0.4 is 0 Å². The number of aliphatic imine (C=N–C) groups is 1. The minimum absolute atomic E-state index is 0.00854. The number of para-hydroxylation sites is 1. The fourth-order valence-electron chi connectivity index (χ4n) is 6.97. The van der Waals surface area contributed by atoms with Crippen LogP contribution in [0, 0.1) is 5.41 Å². The summed E-state index contributed by atoms with van der Waals surface area (Å²) in [7, 11) is 1.62. The van der Waals surface area contributed by atoms with E-state index in [0.717, 1.165) is 29.8 Å². The lowest BCUT2D eigenvalue weighted by atomic mass is 9.49. The van der Waals surface area contributed by atoms with Gasteiger partial charge in [-0.05, 0) is 30.9 Å². The maximum Gasteiger partial charge on any atom is 0.254 e. The topological polar surface area (TPSA) is 74.7 Å². The smallest absolute Gasteiger partial charge is 0.254 e. The predicted molar refractivity (Wildman–Crippen MR) is 98.2 cm³/mol. The summed E-state index contributed by atoms with van der Waals surface area (Å²) in [5, 5.41) is 11.9. The molecule has 1 aliphatic carbocycles. The summed E-state index contributed by atoms with van der Waals surface area (Å²) < 4.78 is 11.4. The molecule has 142 valence electrons. The van der Waals surface area contributed by atoms with Crippen LogP contribution in [0.1, 0.15) is 31.7 Å². The lowest BCUT2D eigenvalue weighted by Gasteiger charge is -2.58. The Bertz CT molecular complexity index is 900. The fourth-order valence-corrected chi connectivity index (χ4v) is 6.97. The number of benzene rings is 1. The summed E-state index contributed by atoms with van der Waals surface area (Å²) in [6.45, 7) is 3.06. The number of rotatable bonds is 3. The molecule has 6 unspecified atom stereocenters. The third-order valence-electron chi connectivity index (χ3n) is 7.80. The zero-order chi connectivity index (χ0) is 18.6. The second-order valence-corrected chi connectivity index (χ2v) is 8.84. The SMILES string of the molecule is CCC12CC(O)(COC)C3=Nc4ccccc4C34CCN(C(=O)C3OC31)C42. The zero-order valence-electron chi connectivity index (χ0n) is 15.6. The van der Waals surface area contributed by atoms with Gasteiger partial charge in [0, 0.05) is 19.1 Å². The molecular weight excluding hydrogens is 344 g/mol. The van der Waals surface area contributed by atoms with E-state index in [2.05, 4.69) is 13.0 Å². The molecule has 5 aliphatic rings. The Morgan fingerprint density at radius 1 is 1.41 bits per heavy atom. The van der Waals surface area contributed by atoms with Gasteiger partial charge in [0.2, 0.25) is 0 Å². The highest BCUT2D eigenvalue weighted by Crippen LogP contribution is 2.68. The highest BCUT2D eigenvalue weighted by molar-refractivity contribution is 6.10. The Morgan fingerprint density at radius 3 is 3.00 bits per heavy atom. The van der Waals surface area contributed by atoms with E-state index in [0.29, 0.717) is 13.0 Å². The summed E-state index contributed by atoms with van der Waals surface area (Å²) in [5.41, 5.74) is 0.992. The van der Waals surface area contributed by atoms with Gasteiger partial charge in [0.1, 0.15) is 11.7 Å². The van der Waals surface area contributed by atoms with E-state index in [1.54, 1.807) is 7.11 Å². The van der Waals surface area contributed by atoms with E-state index < -0.39 is 11.0 Å². The van der Waals surface area contributed by atoms with Crippen LogP contribution in [0.5, 0.6) is 0 Å². The molecule has 27 heavy (non-hydrogen) atoms. The maximum absolute atomic E-state index is 13.0. The van der Waals surface area contributed by atoms with Crippen molar-refractivity contribution >= 4 is 17.3 Å². The van der Waals surface area contributed by atoms with E-state index in [-0.39, 0.29) is 36.2 Å². The molecule has 6 heteroatoms. The van der Waals surface area contributed by atoms with Crippen LogP contribution in [0.15, 0.2) is 29.3 Å². The second kappa shape index (κ2) is 4.80. The zero-order valence-corrected chi connectivity index (χ0v) is 15.6. The quantitative estimate of drug-likeness (QED) is 0.822.